The Balaban J connectivity index is 3.36. The maximum Gasteiger partial charge on any atom is 0.0432 e. The normalized spacial score (nSPS) is 15.7. The van der Waals surface area contributed by atoms with Crippen LogP contribution in [0.5, 0.6) is 0 Å². The number of hydrogen-bond donors (Lipinski definition) is 1. The van der Waals surface area contributed by atoms with Crippen LogP contribution in [-0.4, -0.2) is 18.5 Å². The first-order chi connectivity index (χ1) is 6.20. The summed E-state index contributed by atoms with van der Waals surface area (Å²) in [6.45, 7) is 8.62. The fourth-order valence-electron chi connectivity index (χ4n) is 1.43. The van der Waals surface area contributed by atoms with Crippen LogP contribution >= 0.6 is 11.6 Å². The molecule has 0 aromatic rings. The summed E-state index contributed by atoms with van der Waals surface area (Å²) in [7, 11) is 0. The first-order valence-electron chi connectivity index (χ1n) is 5.55. The highest BCUT2D eigenvalue weighted by atomic mass is 35.5. The Labute approximate surface area is 88.2 Å². The lowest BCUT2D eigenvalue weighted by molar-refractivity contribution is 0.421. The van der Waals surface area contributed by atoms with Gasteiger partial charge in [0.15, 0.2) is 0 Å². The van der Waals surface area contributed by atoms with E-state index in [1.165, 1.54) is 25.7 Å². The number of hydrogen-bond acceptors (Lipinski definition) is 1. The minimum atomic E-state index is 0.253. The molecule has 0 aliphatic heterocycles. The second-order valence-electron chi connectivity index (χ2n) is 3.86. The third-order valence-electron chi connectivity index (χ3n) is 2.40. The summed E-state index contributed by atoms with van der Waals surface area (Å²) < 4.78 is 0. The molecule has 0 rings (SSSR count). The number of nitrogens with one attached hydrogen (secondary N) is 1. The molecular formula is C11H24ClN. The third kappa shape index (κ3) is 8.58. The molecule has 13 heavy (non-hydrogen) atoms. The summed E-state index contributed by atoms with van der Waals surface area (Å²) in [5.41, 5.74) is 0. The number of alkyl halides is 1. The lowest BCUT2D eigenvalue weighted by atomic mass is 9.99. The van der Waals surface area contributed by atoms with E-state index >= 15 is 0 Å². The highest BCUT2D eigenvalue weighted by Gasteiger charge is 2.05. The van der Waals surface area contributed by atoms with Crippen molar-refractivity contribution in [2.24, 2.45) is 5.92 Å². The van der Waals surface area contributed by atoms with Crippen molar-refractivity contribution in [1.29, 1.82) is 0 Å². The fourth-order valence-corrected chi connectivity index (χ4v) is 1.54. The van der Waals surface area contributed by atoms with Crippen LogP contribution in [0.2, 0.25) is 0 Å². The zero-order chi connectivity index (χ0) is 10.1. The monoisotopic (exact) mass is 205 g/mol. The molecule has 2 unspecified atom stereocenters. The van der Waals surface area contributed by atoms with Gasteiger partial charge in [-0.05, 0) is 25.8 Å². The van der Waals surface area contributed by atoms with E-state index in [4.69, 9.17) is 11.6 Å². The number of rotatable bonds is 8. The van der Waals surface area contributed by atoms with Gasteiger partial charge in [0.25, 0.3) is 0 Å². The number of unbranched alkanes of at least 4 members (excludes halogenated alkanes) is 1. The van der Waals surface area contributed by atoms with Crippen LogP contribution in [0.25, 0.3) is 0 Å². The van der Waals surface area contributed by atoms with E-state index in [2.05, 4.69) is 19.2 Å². The molecule has 0 radical (unpaired) electrons. The number of halogens is 1. The van der Waals surface area contributed by atoms with Gasteiger partial charge >= 0.3 is 0 Å². The molecule has 0 spiro atoms. The summed E-state index contributed by atoms with van der Waals surface area (Å²) in [5.74, 6) is 0.843. The second kappa shape index (κ2) is 8.83. The summed E-state index contributed by atoms with van der Waals surface area (Å²) >= 11 is 5.85. The highest BCUT2D eigenvalue weighted by molar-refractivity contribution is 6.20. The maximum absolute atomic E-state index is 5.85. The Morgan fingerprint density at radius 3 is 2.38 bits per heavy atom. The van der Waals surface area contributed by atoms with E-state index < -0.39 is 0 Å². The molecule has 2 heteroatoms. The van der Waals surface area contributed by atoms with Crippen molar-refractivity contribution >= 4 is 11.6 Å². The zero-order valence-electron chi connectivity index (χ0n) is 9.28. The molecule has 0 fully saturated rings. The van der Waals surface area contributed by atoms with Crippen molar-refractivity contribution in [2.75, 3.05) is 13.1 Å². The van der Waals surface area contributed by atoms with E-state index in [0.717, 1.165) is 19.0 Å². The first kappa shape index (κ1) is 13.2. The summed E-state index contributed by atoms with van der Waals surface area (Å²) in [6.07, 6.45) is 5.30. The Bertz CT molecular complexity index is 104. The Hall–Kier alpha value is 0.250. The van der Waals surface area contributed by atoms with Crippen LogP contribution in [0.15, 0.2) is 0 Å². The predicted molar refractivity (Wildman–Crippen MR) is 61.5 cm³/mol. The van der Waals surface area contributed by atoms with Gasteiger partial charge in [-0.3, -0.25) is 0 Å². The minimum absolute atomic E-state index is 0.253. The molecule has 0 saturated heterocycles. The van der Waals surface area contributed by atoms with Gasteiger partial charge in [-0.15, -0.1) is 11.6 Å². The molecule has 0 aromatic heterocycles. The van der Waals surface area contributed by atoms with Gasteiger partial charge in [0.2, 0.25) is 0 Å². The fraction of sp³-hybridized carbons (Fsp3) is 1.00. The van der Waals surface area contributed by atoms with Gasteiger partial charge in [0.1, 0.15) is 0 Å². The zero-order valence-corrected chi connectivity index (χ0v) is 10.0. The van der Waals surface area contributed by atoms with Gasteiger partial charge in [-0.25, -0.2) is 0 Å². The average molecular weight is 206 g/mol. The SMILES string of the molecule is CCCCC(CC)CNCC(C)Cl. The molecule has 0 aliphatic carbocycles. The standard InChI is InChI=1S/C11H24ClN/c1-4-6-7-11(5-2)9-13-8-10(3)12/h10-11,13H,4-9H2,1-3H3. The molecule has 2 atom stereocenters. The maximum atomic E-state index is 5.85. The molecule has 0 aromatic carbocycles. The van der Waals surface area contributed by atoms with Crippen LogP contribution in [0.4, 0.5) is 0 Å². The van der Waals surface area contributed by atoms with Crippen LogP contribution in [0, 0.1) is 5.92 Å². The molecule has 0 bridgehead atoms. The van der Waals surface area contributed by atoms with E-state index in [1.54, 1.807) is 0 Å². The van der Waals surface area contributed by atoms with Crippen LogP contribution < -0.4 is 5.32 Å². The quantitative estimate of drug-likeness (QED) is 0.599. The van der Waals surface area contributed by atoms with Gasteiger partial charge in [0, 0.05) is 11.9 Å². The van der Waals surface area contributed by atoms with Crippen LogP contribution in [-0.2, 0) is 0 Å². The molecule has 1 N–H and O–H groups in total. The molecule has 80 valence electrons. The Morgan fingerprint density at radius 2 is 1.92 bits per heavy atom. The van der Waals surface area contributed by atoms with E-state index in [9.17, 15) is 0 Å². The highest BCUT2D eigenvalue weighted by Crippen LogP contribution is 2.11. The molecular weight excluding hydrogens is 182 g/mol. The van der Waals surface area contributed by atoms with Crippen LogP contribution in [0.3, 0.4) is 0 Å². The predicted octanol–water partition coefficient (Wildman–Crippen LogP) is 3.42. The van der Waals surface area contributed by atoms with Crippen LogP contribution in [0.1, 0.15) is 46.5 Å². The molecule has 0 heterocycles. The average Bonchev–Trinajstić information content (AvgIpc) is 2.10. The largest absolute Gasteiger partial charge is 0.315 e. The first-order valence-corrected chi connectivity index (χ1v) is 5.99. The summed E-state index contributed by atoms with van der Waals surface area (Å²) in [5, 5.41) is 3.67. The van der Waals surface area contributed by atoms with E-state index in [-0.39, 0.29) is 5.38 Å². The second-order valence-corrected chi connectivity index (χ2v) is 4.60. The topological polar surface area (TPSA) is 12.0 Å². The Kier molecular flexibility index (Phi) is 9.00. The molecule has 0 amide bonds. The lowest BCUT2D eigenvalue weighted by Crippen LogP contribution is -2.27. The van der Waals surface area contributed by atoms with Crippen molar-refractivity contribution < 1.29 is 0 Å². The van der Waals surface area contributed by atoms with Gasteiger partial charge in [-0.2, -0.15) is 0 Å². The minimum Gasteiger partial charge on any atom is -0.315 e. The molecule has 0 saturated carbocycles. The van der Waals surface area contributed by atoms with Gasteiger partial charge in [-0.1, -0.05) is 33.1 Å². The molecule has 0 aliphatic rings. The van der Waals surface area contributed by atoms with Crippen molar-refractivity contribution in [3.8, 4) is 0 Å². The Morgan fingerprint density at radius 1 is 1.23 bits per heavy atom. The van der Waals surface area contributed by atoms with Crippen molar-refractivity contribution in [1.82, 2.24) is 5.32 Å². The van der Waals surface area contributed by atoms with E-state index in [1.807, 2.05) is 6.92 Å². The van der Waals surface area contributed by atoms with Gasteiger partial charge < -0.3 is 5.32 Å². The van der Waals surface area contributed by atoms with Crippen molar-refractivity contribution in [3.05, 3.63) is 0 Å². The summed E-state index contributed by atoms with van der Waals surface area (Å²) in [4.78, 5) is 0. The van der Waals surface area contributed by atoms with Gasteiger partial charge in [0.05, 0.1) is 0 Å². The van der Waals surface area contributed by atoms with E-state index in [0.29, 0.717) is 0 Å². The lowest BCUT2D eigenvalue weighted by Gasteiger charge is -2.15. The summed E-state index contributed by atoms with van der Waals surface area (Å²) in [6, 6.07) is 0. The smallest absolute Gasteiger partial charge is 0.0432 e. The molecule has 1 nitrogen and oxygen atoms in total. The van der Waals surface area contributed by atoms with Crippen molar-refractivity contribution in [3.63, 3.8) is 0 Å². The van der Waals surface area contributed by atoms with Crippen molar-refractivity contribution in [2.45, 2.75) is 51.8 Å². The third-order valence-corrected chi connectivity index (χ3v) is 2.56.